The second-order valence-electron chi connectivity index (χ2n) is 7.39. The summed E-state index contributed by atoms with van der Waals surface area (Å²) < 4.78 is 5.19. The van der Waals surface area contributed by atoms with Gasteiger partial charge in [0.2, 0.25) is 0 Å². The van der Waals surface area contributed by atoms with Gasteiger partial charge in [-0.15, -0.1) is 11.3 Å². The van der Waals surface area contributed by atoms with Crippen LogP contribution in [0.15, 0.2) is 65.7 Å². The summed E-state index contributed by atoms with van der Waals surface area (Å²) in [4.78, 5) is 28.7. The average Bonchev–Trinajstić information content (AvgIpc) is 3.35. The quantitative estimate of drug-likeness (QED) is 0.471. The van der Waals surface area contributed by atoms with Crippen LogP contribution in [0.25, 0.3) is 5.57 Å². The molecule has 2 heterocycles. The van der Waals surface area contributed by atoms with Gasteiger partial charge in [0, 0.05) is 10.6 Å². The number of thiophene rings is 1. The van der Waals surface area contributed by atoms with Gasteiger partial charge < -0.3 is 10.1 Å². The molecule has 0 saturated heterocycles. The molecule has 0 fully saturated rings. The van der Waals surface area contributed by atoms with Crippen molar-refractivity contribution in [1.82, 2.24) is 0 Å². The van der Waals surface area contributed by atoms with Crippen molar-refractivity contribution in [3.05, 3.63) is 81.1 Å². The number of imide groups is 1. The number of amides is 2. The number of ether oxygens (including phenoxy) is 1. The molecule has 1 aliphatic rings. The summed E-state index contributed by atoms with van der Waals surface area (Å²) in [6.45, 7) is 4.19. The molecule has 0 saturated carbocycles. The van der Waals surface area contributed by atoms with Crippen molar-refractivity contribution in [3.8, 4) is 5.75 Å². The molecule has 2 amide bonds. The Kier molecular flexibility index (Phi) is 5.85. The van der Waals surface area contributed by atoms with Crippen LogP contribution >= 0.6 is 22.9 Å². The summed E-state index contributed by atoms with van der Waals surface area (Å²) in [5.41, 5.74) is 2.84. The first-order valence-electron chi connectivity index (χ1n) is 9.78. The third-order valence-electron chi connectivity index (χ3n) is 5.09. The van der Waals surface area contributed by atoms with Gasteiger partial charge in [0.1, 0.15) is 11.4 Å². The fourth-order valence-corrected chi connectivity index (χ4v) is 4.45. The summed E-state index contributed by atoms with van der Waals surface area (Å²) in [6.07, 6.45) is 0. The molecular formula is C24H21ClN2O3S. The molecule has 1 aliphatic heterocycles. The molecule has 0 aliphatic carbocycles. The van der Waals surface area contributed by atoms with Crippen LogP contribution in [0.4, 0.5) is 11.4 Å². The number of carbonyl (C=O) groups is 2. The molecule has 0 bridgehead atoms. The molecule has 5 nitrogen and oxygen atoms in total. The van der Waals surface area contributed by atoms with E-state index in [0.29, 0.717) is 33.6 Å². The van der Waals surface area contributed by atoms with Crippen molar-refractivity contribution in [2.24, 2.45) is 0 Å². The van der Waals surface area contributed by atoms with Crippen LogP contribution in [0.1, 0.15) is 30.2 Å². The first-order valence-corrected chi connectivity index (χ1v) is 11.0. The zero-order valence-corrected chi connectivity index (χ0v) is 18.9. The molecule has 4 rings (SSSR count). The van der Waals surface area contributed by atoms with Gasteiger partial charge in [0.25, 0.3) is 11.8 Å². The van der Waals surface area contributed by atoms with Gasteiger partial charge in [-0.1, -0.05) is 43.6 Å². The summed E-state index contributed by atoms with van der Waals surface area (Å²) in [7, 11) is 1.54. The Bertz CT molecular complexity index is 1170. The zero-order valence-electron chi connectivity index (χ0n) is 17.3. The van der Waals surface area contributed by atoms with Gasteiger partial charge in [-0.2, -0.15) is 0 Å². The van der Waals surface area contributed by atoms with Crippen molar-refractivity contribution >= 4 is 51.7 Å². The molecule has 1 N–H and O–H groups in total. The van der Waals surface area contributed by atoms with E-state index >= 15 is 0 Å². The number of benzene rings is 2. The molecule has 0 atom stereocenters. The van der Waals surface area contributed by atoms with E-state index in [2.05, 4.69) is 19.2 Å². The van der Waals surface area contributed by atoms with E-state index in [1.807, 2.05) is 41.8 Å². The SMILES string of the molecule is COc1ccc(NC2=C(c3cccs3)C(=O)N(c3ccc(C(C)C)cc3)C2=O)cc1Cl. The smallest absolute Gasteiger partial charge is 0.282 e. The molecule has 1 aromatic heterocycles. The Hall–Kier alpha value is -3.09. The maximum Gasteiger partial charge on any atom is 0.282 e. The Morgan fingerprint density at radius 1 is 1.03 bits per heavy atom. The Morgan fingerprint density at radius 3 is 2.35 bits per heavy atom. The first kappa shape index (κ1) is 21.2. The Balaban J connectivity index is 1.74. The minimum absolute atomic E-state index is 0.224. The van der Waals surface area contributed by atoms with Crippen LogP contribution in [-0.4, -0.2) is 18.9 Å². The predicted octanol–water partition coefficient (Wildman–Crippen LogP) is 5.93. The zero-order chi connectivity index (χ0) is 22.1. The van der Waals surface area contributed by atoms with Gasteiger partial charge in [-0.3, -0.25) is 9.59 Å². The van der Waals surface area contributed by atoms with E-state index < -0.39 is 5.91 Å². The van der Waals surface area contributed by atoms with Gasteiger partial charge in [0.05, 0.1) is 23.4 Å². The highest BCUT2D eigenvalue weighted by atomic mass is 35.5. The van der Waals surface area contributed by atoms with E-state index in [0.717, 1.165) is 10.4 Å². The minimum atomic E-state index is -0.405. The summed E-state index contributed by atoms with van der Waals surface area (Å²) in [5, 5.41) is 5.40. The van der Waals surface area contributed by atoms with Crippen LogP contribution in [0.3, 0.4) is 0 Å². The van der Waals surface area contributed by atoms with E-state index in [4.69, 9.17) is 16.3 Å². The standard InChI is InChI=1S/C24H21ClN2O3S/c1-14(2)15-6-9-17(10-7-15)27-23(28)21(20-5-4-12-31-20)22(24(27)29)26-16-8-11-19(30-3)18(25)13-16/h4-14,26H,1-3H3. The van der Waals surface area contributed by atoms with Crippen molar-refractivity contribution in [2.75, 3.05) is 17.3 Å². The Labute approximate surface area is 189 Å². The van der Waals surface area contributed by atoms with Crippen molar-refractivity contribution < 1.29 is 14.3 Å². The summed E-state index contributed by atoms with van der Waals surface area (Å²) in [6, 6.07) is 16.3. The Morgan fingerprint density at radius 2 is 1.77 bits per heavy atom. The third kappa shape index (κ3) is 3.96. The van der Waals surface area contributed by atoms with Gasteiger partial charge in [0.15, 0.2) is 0 Å². The number of halogens is 1. The van der Waals surface area contributed by atoms with Gasteiger partial charge >= 0.3 is 0 Å². The average molecular weight is 453 g/mol. The largest absolute Gasteiger partial charge is 0.495 e. The fraction of sp³-hybridized carbons (Fsp3) is 0.167. The number of nitrogens with zero attached hydrogens (tertiary/aromatic N) is 1. The van der Waals surface area contributed by atoms with Crippen LogP contribution in [0.5, 0.6) is 5.75 Å². The lowest BCUT2D eigenvalue weighted by molar-refractivity contribution is -0.120. The number of methoxy groups -OCH3 is 1. The summed E-state index contributed by atoms with van der Waals surface area (Å²) in [5.74, 6) is 0.126. The topological polar surface area (TPSA) is 58.6 Å². The van der Waals surface area contributed by atoms with E-state index in [1.54, 1.807) is 18.2 Å². The second-order valence-corrected chi connectivity index (χ2v) is 8.75. The van der Waals surface area contributed by atoms with E-state index in [-0.39, 0.29) is 11.6 Å². The number of nitrogens with one attached hydrogen (secondary N) is 1. The number of rotatable bonds is 6. The third-order valence-corrected chi connectivity index (χ3v) is 6.27. The predicted molar refractivity (Wildman–Crippen MR) is 126 cm³/mol. The molecule has 0 unspecified atom stereocenters. The summed E-state index contributed by atoms with van der Waals surface area (Å²) >= 11 is 7.65. The molecule has 0 spiro atoms. The number of hydrogen-bond acceptors (Lipinski definition) is 5. The number of anilines is 2. The van der Waals surface area contributed by atoms with E-state index in [1.165, 1.54) is 23.3 Å². The molecule has 7 heteroatoms. The van der Waals surface area contributed by atoms with Crippen LogP contribution in [0, 0.1) is 0 Å². The van der Waals surface area contributed by atoms with Crippen molar-refractivity contribution in [1.29, 1.82) is 0 Å². The second kappa shape index (κ2) is 8.57. The lowest BCUT2D eigenvalue weighted by atomic mass is 10.0. The van der Waals surface area contributed by atoms with Crippen molar-refractivity contribution in [2.45, 2.75) is 19.8 Å². The normalized spacial score (nSPS) is 14.0. The molecule has 2 aromatic carbocycles. The van der Waals surface area contributed by atoms with Crippen molar-refractivity contribution in [3.63, 3.8) is 0 Å². The number of hydrogen-bond donors (Lipinski definition) is 1. The van der Waals surface area contributed by atoms with Crippen LogP contribution < -0.4 is 15.0 Å². The molecule has 0 radical (unpaired) electrons. The maximum atomic E-state index is 13.4. The van der Waals surface area contributed by atoms with Crippen LogP contribution in [-0.2, 0) is 9.59 Å². The van der Waals surface area contributed by atoms with Gasteiger partial charge in [-0.05, 0) is 53.3 Å². The molecular weight excluding hydrogens is 432 g/mol. The lowest BCUT2D eigenvalue weighted by Crippen LogP contribution is -2.32. The highest BCUT2D eigenvalue weighted by Gasteiger charge is 2.40. The lowest BCUT2D eigenvalue weighted by Gasteiger charge is -2.16. The highest BCUT2D eigenvalue weighted by Crippen LogP contribution is 2.37. The van der Waals surface area contributed by atoms with Gasteiger partial charge in [-0.25, -0.2) is 4.90 Å². The minimum Gasteiger partial charge on any atom is -0.495 e. The van der Waals surface area contributed by atoms with E-state index in [9.17, 15) is 9.59 Å². The fourth-order valence-electron chi connectivity index (χ4n) is 3.43. The molecule has 31 heavy (non-hydrogen) atoms. The van der Waals surface area contributed by atoms with Crippen LogP contribution in [0.2, 0.25) is 5.02 Å². The molecule has 3 aromatic rings. The maximum absolute atomic E-state index is 13.4. The number of carbonyl (C=O) groups excluding carboxylic acids is 2. The highest BCUT2D eigenvalue weighted by molar-refractivity contribution is 7.11. The molecule has 158 valence electrons. The first-order chi connectivity index (χ1) is 14.9. The monoisotopic (exact) mass is 452 g/mol.